The Hall–Kier alpha value is -1.67. The zero-order valence-corrected chi connectivity index (χ0v) is 9.95. The largest absolute Gasteiger partial charge is 0.351 e. The van der Waals surface area contributed by atoms with Gasteiger partial charge in [0.1, 0.15) is 0 Å². The molecule has 0 heterocycles. The summed E-state index contributed by atoms with van der Waals surface area (Å²) in [7, 11) is -3.98. The average Bonchev–Trinajstić information content (AvgIpc) is 2.16. The van der Waals surface area contributed by atoms with Gasteiger partial charge in [-0.1, -0.05) is 12.2 Å². The van der Waals surface area contributed by atoms with Gasteiger partial charge in [-0.3, -0.25) is 4.79 Å². The topological polar surface area (TPSA) is 132 Å². The fraction of sp³-hybridized carbons (Fsp3) is 0.333. The lowest BCUT2D eigenvalue weighted by molar-refractivity contribution is -0.120. The summed E-state index contributed by atoms with van der Waals surface area (Å²) in [5, 5.41) is 0. The number of nitrogens with two attached hydrogens (primary N) is 2. The van der Waals surface area contributed by atoms with Gasteiger partial charge < -0.3 is 11.5 Å². The van der Waals surface area contributed by atoms with Crippen molar-refractivity contribution in [3.05, 3.63) is 23.1 Å². The molecular formula is C9H13N3O4S. The smallest absolute Gasteiger partial charge is 0.326 e. The lowest BCUT2D eigenvalue weighted by Crippen LogP contribution is -2.46. The Morgan fingerprint density at radius 2 is 2.06 bits per heavy atom. The molecule has 1 aliphatic rings. The standard InChI is InChI=1S/C9H13N3O4S/c1-6(13)9(11)4-2-7(3-5-9)17(15,16)12-8(10)14/h2-4H,5,11H2,1H3,(H3,10,12,14). The molecule has 0 aromatic rings. The van der Waals surface area contributed by atoms with E-state index in [0.717, 1.165) is 0 Å². The van der Waals surface area contributed by atoms with Gasteiger partial charge in [0.15, 0.2) is 5.78 Å². The number of amides is 2. The fourth-order valence-electron chi connectivity index (χ4n) is 1.29. The van der Waals surface area contributed by atoms with E-state index in [1.54, 1.807) is 4.72 Å². The van der Waals surface area contributed by atoms with Crippen molar-refractivity contribution >= 4 is 21.8 Å². The van der Waals surface area contributed by atoms with Crippen LogP contribution < -0.4 is 16.2 Å². The summed E-state index contributed by atoms with van der Waals surface area (Å²) in [6.07, 6.45) is 3.79. The molecule has 0 bridgehead atoms. The minimum absolute atomic E-state index is 0.0494. The molecule has 0 aliphatic heterocycles. The second-order valence-electron chi connectivity index (χ2n) is 3.71. The Balaban J connectivity index is 2.95. The molecule has 0 aromatic carbocycles. The number of rotatable bonds is 3. The van der Waals surface area contributed by atoms with Crippen molar-refractivity contribution in [3.63, 3.8) is 0 Å². The zero-order chi connectivity index (χ0) is 13.3. The van der Waals surface area contributed by atoms with Crippen molar-refractivity contribution in [1.29, 1.82) is 0 Å². The van der Waals surface area contributed by atoms with Gasteiger partial charge in [0.25, 0.3) is 10.0 Å². The van der Waals surface area contributed by atoms with E-state index >= 15 is 0 Å². The first-order valence-electron chi connectivity index (χ1n) is 4.69. The molecule has 7 nitrogen and oxygen atoms in total. The predicted molar refractivity (Wildman–Crippen MR) is 61.1 cm³/mol. The highest BCUT2D eigenvalue weighted by atomic mass is 32.2. The number of carbonyl (C=O) groups is 2. The lowest BCUT2D eigenvalue weighted by Gasteiger charge is -2.24. The van der Waals surface area contributed by atoms with Crippen LogP contribution in [-0.2, 0) is 14.8 Å². The van der Waals surface area contributed by atoms with Gasteiger partial charge in [0, 0.05) is 0 Å². The van der Waals surface area contributed by atoms with Crippen LogP contribution in [-0.4, -0.2) is 25.8 Å². The van der Waals surface area contributed by atoms with E-state index in [1.165, 1.54) is 25.2 Å². The van der Waals surface area contributed by atoms with Crippen LogP contribution in [0.4, 0.5) is 4.79 Å². The summed E-state index contributed by atoms with van der Waals surface area (Å²) < 4.78 is 24.7. The Labute approximate surface area is 98.6 Å². The van der Waals surface area contributed by atoms with E-state index in [0.29, 0.717) is 0 Å². The van der Waals surface area contributed by atoms with E-state index in [4.69, 9.17) is 11.5 Å². The molecule has 1 unspecified atom stereocenters. The molecule has 0 fully saturated rings. The summed E-state index contributed by atoms with van der Waals surface area (Å²) in [5.41, 5.74) is 9.26. The highest BCUT2D eigenvalue weighted by Crippen LogP contribution is 2.22. The number of Topliss-reactive ketones (excluding diaryl/α,β-unsaturated/α-hetero) is 1. The molecular weight excluding hydrogens is 246 g/mol. The second kappa shape index (κ2) is 4.30. The first kappa shape index (κ1) is 13.4. The number of primary amides is 1. The molecule has 0 saturated carbocycles. The molecule has 17 heavy (non-hydrogen) atoms. The molecule has 8 heteroatoms. The van der Waals surface area contributed by atoms with Crippen LogP contribution in [0.15, 0.2) is 23.1 Å². The molecule has 0 aromatic heterocycles. The molecule has 94 valence electrons. The first-order chi connectivity index (χ1) is 7.67. The SMILES string of the molecule is CC(=O)C1(N)C=CC(S(=O)(=O)NC(N)=O)=CC1. The number of urea groups is 1. The van der Waals surface area contributed by atoms with E-state index in [1.807, 2.05) is 0 Å². The number of carbonyl (C=O) groups excluding carboxylic acids is 2. The third kappa shape index (κ3) is 2.92. The summed E-state index contributed by atoms with van der Waals surface area (Å²) in [4.78, 5) is 21.6. The van der Waals surface area contributed by atoms with Crippen LogP contribution in [0.2, 0.25) is 0 Å². The average molecular weight is 259 g/mol. The van der Waals surface area contributed by atoms with Gasteiger partial charge >= 0.3 is 6.03 Å². The van der Waals surface area contributed by atoms with Gasteiger partial charge in [-0.15, -0.1) is 0 Å². The molecule has 0 saturated heterocycles. The van der Waals surface area contributed by atoms with Crippen LogP contribution in [0.5, 0.6) is 0 Å². The third-order valence-electron chi connectivity index (χ3n) is 2.39. The van der Waals surface area contributed by atoms with Gasteiger partial charge in [0.2, 0.25) is 0 Å². The number of nitrogens with one attached hydrogen (secondary N) is 1. The fourth-order valence-corrected chi connectivity index (χ4v) is 2.22. The van der Waals surface area contributed by atoms with Crippen molar-refractivity contribution in [2.24, 2.45) is 11.5 Å². The van der Waals surface area contributed by atoms with Crippen molar-refractivity contribution in [2.45, 2.75) is 18.9 Å². The second-order valence-corrected chi connectivity index (χ2v) is 5.39. The van der Waals surface area contributed by atoms with E-state index in [-0.39, 0.29) is 17.1 Å². The Morgan fingerprint density at radius 3 is 2.41 bits per heavy atom. The summed E-state index contributed by atoms with van der Waals surface area (Å²) in [5.74, 6) is -0.274. The molecule has 1 atom stereocenters. The van der Waals surface area contributed by atoms with Crippen LogP contribution in [0, 0.1) is 0 Å². The number of ketones is 1. The minimum Gasteiger partial charge on any atom is -0.351 e. The van der Waals surface area contributed by atoms with Gasteiger partial charge in [-0.25, -0.2) is 17.9 Å². The summed E-state index contributed by atoms with van der Waals surface area (Å²) in [6, 6.07) is -1.17. The maximum absolute atomic E-state index is 11.5. The van der Waals surface area contributed by atoms with E-state index in [9.17, 15) is 18.0 Å². The highest BCUT2D eigenvalue weighted by molar-refractivity contribution is 7.94. The minimum atomic E-state index is -3.98. The summed E-state index contributed by atoms with van der Waals surface area (Å²) >= 11 is 0. The van der Waals surface area contributed by atoms with Crippen LogP contribution in [0.1, 0.15) is 13.3 Å². The normalized spacial score (nSPS) is 24.0. The lowest BCUT2D eigenvalue weighted by atomic mass is 9.89. The van der Waals surface area contributed by atoms with Crippen LogP contribution >= 0.6 is 0 Å². The molecule has 0 spiro atoms. The number of allylic oxidation sites excluding steroid dienone is 1. The highest BCUT2D eigenvalue weighted by Gasteiger charge is 2.31. The van der Waals surface area contributed by atoms with Crippen LogP contribution in [0.25, 0.3) is 0 Å². The predicted octanol–water partition coefficient (Wildman–Crippen LogP) is -0.885. The Kier molecular flexibility index (Phi) is 3.39. The van der Waals surface area contributed by atoms with Crippen molar-refractivity contribution < 1.29 is 18.0 Å². The maximum Gasteiger partial charge on any atom is 0.326 e. The number of hydrogen-bond donors (Lipinski definition) is 3. The zero-order valence-electron chi connectivity index (χ0n) is 9.14. The number of hydrogen-bond acceptors (Lipinski definition) is 5. The molecule has 0 radical (unpaired) electrons. The van der Waals surface area contributed by atoms with E-state index < -0.39 is 21.6 Å². The monoisotopic (exact) mass is 259 g/mol. The Morgan fingerprint density at radius 1 is 1.47 bits per heavy atom. The van der Waals surface area contributed by atoms with Crippen molar-refractivity contribution in [3.8, 4) is 0 Å². The third-order valence-corrected chi connectivity index (χ3v) is 3.78. The van der Waals surface area contributed by atoms with Gasteiger partial charge in [-0.05, 0) is 19.4 Å². The van der Waals surface area contributed by atoms with Crippen molar-refractivity contribution in [1.82, 2.24) is 4.72 Å². The van der Waals surface area contributed by atoms with Crippen LogP contribution in [0.3, 0.4) is 0 Å². The summed E-state index contributed by atoms with van der Waals surface area (Å²) in [6.45, 7) is 1.32. The molecule has 2 amide bonds. The quantitative estimate of drug-likeness (QED) is 0.605. The molecule has 1 aliphatic carbocycles. The van der Waals surface area contributed by atoms with E-state index in [2.05, 4.69) is 0 Å². The van der Waals surface area contributed by atoms with Gasteiger partial charge in [-0.2, -0.15) is 0 Å². The van der Waals surface area contributed by atoms with Crippen molar-refractivity contribution in [2.75, 3.05) is 0 Å². The first-order valence-corrected chi connectivity index (χ1v) is 6.17. The number of sulfonamides is 1. The Bertz CT molecular complexity index is 520. The molecule has 1 rings (SSSR count). The van der Waals surface area contributed by atoms with Gasteiger partial charge in [0.05, 0.1) is 10.4 Å². The maximum atomic E-state index is 11.5. The molecule has 5 N–H and O–H groups in total.